The van der Waals surface area contributed by atoms with Crippen LogP contribution in [0.1, 0.15) is 22.3 Å². The van der Waals surface area contributed by atoms with E-state index in [2.05, 4.69) is 32.5 Å². The van der Waals surface area contributed by atoms with Crippen molar-refractivity contribution in [3.63, 3.8) is 0 Å². The molecule has 4 nitrogen and oxygen atoms in total. The first kappa shape index (κ1) is 11.9. The van der Waals surface area contributed by atoms with Crippen LogP contribution in [0.15, 0.2) is 23.8 Å². The first-order valence-corrected chi connectivity index (χ1v) is 7.06. The van der Waals surface area contributed by atoms with Crippen LogP contribution in [0, 0.1) is 6.92 Å². The lowest BCUT2D eigenvalue weighted by Crippen LogP contribution is -2.38. The number of hydrogen-bond donors (Lipinski definition) is 1. The molecule has 0 radical (unpaired) electrons. The monoisotopic (exact) mass is 263 g/mol. The second kappa shape index (κ2) is 5.22. The molecule has 3 rings (SSSR count). The van der Waals surface area contributed by atoms with Gasteiger partial charge in [0.05, 0.1) is 19.3 Å². The molecule has 0 spiro atoms. The normalized spacial score (nSPS) is 21.3. The minimum Gasteiger partial charge on any atom is -0.378 e. The highest BCUT2D eigenvalue weighted by Gasteiger charge is 2.26. The molecule has 0 amide bonds. The maximum Gasteiger partial charge on any atom is 0.112 e. The Hall–Kier alpha value is -1.17. The van der Waals surface area contributed by atoms with E-state index in [1.165, 1.54) is 10.6 Å². The van der Waals surface area contributed by atoms with Crippen molar-refractivity contribution >= 4 is 11.3 Å². The van der Waals surface area contributed by atoms with Crippen LogP contribution < -0.4 is 0 Å². The summed E-state index contributed by atoms with van der Waals surface area (Å²) in [5.41, 5.74) is 2.41. The van der Waals surface area contributed by atoms with E-state index in [9.17, 15) is 0 Å². The molecule has 1 fully saturated rings. The lowest BCUT2D eigenvalue weighted by atomic mass is 10.2. The van der Waals surface area contributed by atoms with Crippen molar-refractivity contribution in [3.05, 3.63) is 40.1 Å². The topological polar surface area (TPSA) is 41.1 Å². The van der Waals surface area contributed by atoms with Gasteiger partial charge in [-0.15, -0.1) is 11.3 Å². The van der Waals surface area contributed by atoms with Crippen molar-refractivity contribution in [2.45, 2.75) is 19.5 Å². The van der Waals surface area contributed by atoms with Gasteiger partial charge < -0.3 is 9.72 Å². The molecule has 0 aliphatic carbocycles. The quantitative estimate of drug-likeness (QED) is 0.924. The number of morpholine rings is 1. The van der Waals surface area contributed by atoms with E-state index in [0.29, 0.717) is 6.04 Å². The third-order valence-electron chi connectivity index (χ3n) is 3.21. The van der Waals surface area contributed by atoms with Crippen LogP contribution in [0.3, 0.4) is 0 Å². The first-order valence-electron chi connectivity index (χ1n) is 6.18. The average molecular weight is 263 g/mol. The van der Waals surface area contributed by atoms with Crippen LogP contribution in [0.5, 0.6) is 0 Å². The Bertz CT molecular complexity index is 494. The molecule has 1 N–H and O–H groups in total. The molecular weight excluding hydrogens is 246 g/mol. The molecule has 1 atom stereocenters. The predicted octanol–water partition coefficient (Wildman–Crippen LogP) is 2.35. The van der Waals surface area contributed by atoms with Gasteiger partial charge in [0.1, 0.15) is 5.01 Å². The molecule has 5 heteroatoms. The molecule has 0 unspecified atom stereocenters. The van der Waals surface area contributed by atoms with Crippen molar-refractivity contribution in [2.24, 2.45) is 0 Å². The van der Waals surface area contributed by atoms with Crippen molar-refractivity contribution in [1.82, 2.24) is 14.9 Å². The van der Waals surface area contributed by atoms with Crippen molar-refractivity contribution in [2.75, 3.05) is 19.8 Å². The van der Waals surface area contributed by atoms with E-state index < -0.39 is 0 Å². The number of nitrogens with one attached hydrogen (secondary N) is 1. The highest BCUT2D eigenvalue weighted by atomic mass is 32.1. The second-order valence-electron chi connectivity index (χ2n) is 4.61. The zero-order chi connectivity index (χ0) is 12.4. The number of hydrogen-bond acceptors (Lipinski definition) is 4. The summed E-state index contributed by atoms with van der Waals surface area (Å²) in [6.45, 7) is 5.52. The summed E-state index contributed by atoms with van der Waals surface area (Å²) in [6, 6.07) is 2.42. The van der Waals surface area contributed by atoms with Crippen LogP contribution >= 0.6 is 11.3 Å². The SMILES string of the molecule is Cc1csc([C@@H]2COCCN2Cc2cc[nH]c2)n1. The van der Waals surface area contributed by atoms with Gasteiger partial charge in [0.2, 0.25) is 0 Å². The average Bonchev–Trinajstić information content (AvgIpc) is 3.02. The molecule has 1 saturated heterocycles. The number of ether oxygens (including phenoxy) is 1. The van der Waals surface area contributed by atoms with Gasteiger partial charge in [-0.2, -0.15) is 0 Å². The van der Waals surface area contributed by atoms with Crippen molar-refractivity contribution < 1.29 is 4.74 Å². The highest BCUT2D eigenvalue weighted by Crippen LogP contribution is 2.28. The summed E-state index contributed by atoms with van der Waals surface area (Å²) in [5.74, 6) is 0. The van der Waals surface area contributed by atoms with Gasteiger partial charge in [-0.3, -0.25) is 4.90 Å². The zero-order valence-corrected chi connectivity index (χ0v) is 11.2. The fraction of sp³-hybridized carbons (Fsp3) is 0.462. The molecule has 18 heavy (non-hydrogen) atoms. The molecule has 1 aliphatic heterocycles. The molecule has 96 valence electrons. The van der Waals surface area contributed by atoms with Crippen LogP contribution in [-0.4, -0.2) is 34.6 Å². The van der Waals surface area contributed by atoms with Crippen LogP contribution in [0.25, 0.3) is 0 Å². The van der Waals surface area contributed by atoms with Crippen molar-refractivity contribution in [3.8, 4) is 0 Å². The summed E-state index contributed by atoms with van der Waals surface area (Å²) in [5, 5.41) is 3.28. The van der Waals surface area contributed by atoms with Gasteiger partial charge >= 0.3 is 0 Å². The van der Waals surface area contributed by atoms with Crippen LogP contribution in [0.4, 0.5) is 0 Å². The Kier molecular flexibility index (Phi) is 3.45. The van der Waals surface area contributed by atoms with Gasteiger partial charge in [-0.1, -0.05) is 0 Å². The lowest BCUT2D eigenvalue weighted by molar-refractivity contribution is -0.0127. The standard InChI is InChI=1S/C13H17N3OS/c1-10-9-18-13(15-10)12-8-17-5-4-16(12)7-11-2-3-14-6-11/h2-3,6,9,12,14H,4-5,7-8H2,1H3/t12-/m0/s1. The van der Waals surface area contributed by atoms with Gasteiger partial charge in [-0.05, 0) is 18.6 Å². The number of rotatable bonds is 3. The Morgan fingerprint density at radius 2 is 2.56 bits per heavy atom. The molecule has 1 aliphatic rings. The van der Waals surface area contributed by atoms with E-state index in [1.54, 1.807) is 11.3 Å². The predicted molar refractivity (Wildman–Crippen MR) is 71.6 cm³/mol. The Morgan fingerprint density at radius 1 is 1.61 bits per heavy atom. The third-order valence-corrected chi connectivity index (χ3v) is 4.27. The Morgan fingerprint density at radius 3 is 3.28 bits per heavy atom. The Balaban J connectivity index is 1.77. The first-order chi connectivity index (χ1) is 8.83. The van der Waals surface area contributed by atoms with Gasteiger partial charge in [0.15, 0.2) is 0 Å². The minimum atomic E-state index is 0.298. The van der Waals surface area contributed by atoms with Gasteiger partial charge in [-0.25, -0.2) is 4.98 Å². The number of H-pyrrole nitrogens is 1. The molecule has 3 heterocycles. The molecule has 2 aromatic rings. The minimum absolute atomic E-state index is 0.298. The number of aryl methyl sites for hydroxylation is 1. The Labute approximate surface area is 111 Å². The lowest BCUT2D eigenvalue weighted by Gasteiger charge is -2.34. The molecule has 0 aromatic carbocycles. The van der Waals surface area contributed by atoms with Gasteiger partial charge in [0.25, 0.3) is 0 Å². The summed E-state index contributed by atoms with van der Waals surface area (Å²) in [4.78, 5) is 10.2. The van der Waals surface area contributed by atoms with Crippen LogP contribution in [-0.2, 0) is 11.3 Å². The maximum absolute atomic E-state index is 5.61. The van der Waals surface area contributed by atoms with E-state index in [0.717, 1.165) is 32.0 Å². The molecule has 0 saturated carbocycles. The molecular formula is C13H17N3OS. The maximum atomic E-state index is 5.61. The summed E-state index contributed by atoms with van der Waals surface area (Å²) >= 11 is 1.73. The van der Waals surface area contributed by atoms with E-state index >= 15 is 0 Å². The summed E-state index contributed by atoms with van der Waals surface area (Å²) in [6.07, 6.45) is 4.03. The van der Waals surface area contributed by atoms with Crippen molar-refractivity contribution in [1.29, 1.82) is 0 Å². The largest absolute Gasteiger partial charge is 0.378 e. The van der Waals surface area contributed by atoms with E-state index in [-0.39, 0.29) is 0 Å². The number of aromatic amines is 1. The highest BCUT2D eigenvalue weighted by molar-refractivity contribution is 7.09. The number of thiazole rings is 1. The summed E-state index contributed by atoms with van der Waals surface area (Å²) < 4.78 is 5.61. The smallest absolute Gasteiger partial charge is 0.112 e. The van der Waals surface area contributed by atoms with E-state index in [1.807, 2.05) is 13.1 Å². The van der Waals surface area contributed by atoms with E-state index in [4.69, 9.17) is 4.74 Å². The number of nitrogens with zero attached hydrogens (tertiary/aromatic N) is 2. The molecule has 0 bridgehead atoms. The fourth-order valence-electron chi connectivity index (χ4n) is 2.27. The van der Waals surface area contributed by atoms with Crippen LogP contribution in [0.2, 0.25) is 0 Å². The van der Waals surface area contributed by atoms with Gasteiger partial charge in [0, 0.05) is 36.6 Å². The summed E-state index contributed by atoms with van der Waals surface area (Å²) in [7, 11) is 0. The number of aromatic nitrogens is 2. The third kappa shape index (κ3) is 2.48. The zero-order valence-electron chi connectivity index (χ0n) is 10.4. The fourth-order valence-corrected chi connectivity index (χ4v) is 3.19. The second-order valence-corrected chi connectivity index (χ2v) is 5.50. The molecule has 2 aromatic heterocycles.